The van der Waals surface area contributed by atoms with Gasteiger partial charge in [-0.3, -0.25) is 0 Å². The summed E-state index contributed by atoms with van der Waals surface area (Å²) in [4.78, 5) is 15.1. The first-order chi connectivity index (χ1) is 26.7. The summed E-state index contributed by atoms with van der Waals surface area (Å²) >= 11 is 0. The van der Waals surface area contributed by atoms with E-state index in [-0.39, 0.29) is 0 Å². The molecular weight excluding hydrogens is 655 g/mol. The molecule has 0 aliphatic heterocycles. The minimum Gasteiger partial charge on any atom is -0.208 e. The maximum atomic E-state index is 5.08. The third-order valence-corrected chi connectivity index (χ3v) is 10.3. The maximum absolute atomic E-state index is 5.08. The quantitative estimate of drug-likeness (QED) is 0.163. The van der Waals surface area contributed by atoms with Gasteiger partial charge in [-0.15, -0.1) is 0 Å². The molecule has 1 aromatic heterocycles. The number of aromatic nitrogens is 3. The van der Waals surface area contributed by atoms with Gasteiger partial charge in [0, 0.05) is 16.7 Å². The molecule has 252 valence electrons. The summed E-state index contributed by atoms with van der Waals surface area (Å²) < 4.78 is 0. The summed E-state index contributed by atoms with van der Waals surface area (Å²) in [5.41, 5.74) is 9.81. The molecule has 0 fully saturated rings. The van der Waals surface area contributed by atoms with Crippen molar-refractivity contribution in [2.24, 2.45) is 0 Å². The molecule has 0 amide bonds. The molecule has 3 nitrogen and oxygen atoms in total. The molecule has 0 unspecified atom stereocenters. The van der Waals surface area contributed by atoms with Gasteiger partial charge in [0.15, 0.2) is 17.5 Å². The zero-order chi connectivity index (χ0) is 35.8. The zero-order valence-corrected chi connectivity index (χ0v) is 29.4. The minimum absolute atomic E-state index is 0.634. The van der Waals surface area contributed by atoms with Crippen molar-refractivity contribution in [1.82, 2.24) is 15.0 Å². The fourth-order valence-corrected chi connectivity index (χ4v) is 7.60. The Bertz CT molecular complexity index is 2970. The summed E-state index contributed by atoms with van der Waals surface area (Å²) in [6, 6.07) is 70.7. The molecule has 0 saturated carbocycles. The Hall–Kier alpha value is -7.23. The molecule has 1 heterocycles. The van der Waals surface area contributed by atoms with Crippen LogP contribution < -0.4 is 0 Å². The van der Waals surface area contributed by atoms with E-state index in [9.17, 15) is 0 Å². The van der Waals surface area contributed by atoms with E-state index in [0.717, 1.165) is 33.4 Å². The first-order valence-corrected chi connectivity index (χ1v) is 18.3. The van der Waals surface area contributed by atoms with E-state index in [1.807, 2.05) is 36.4 Å². The summed E-state index contributed by atoms with van der Waals surface area (Å²) in [6.45, 7) is 0. The molecule has 10 aromatic rings. The Kier molecular flexibility index (Phi) is 7.81. The molecule has 0 spiro atoms. The van der Waals surface area contributed by atoms with Crippen LogP contribution in [0, 0.1) is 0 Å². The highest BCUT2D eigenvalue weighted by Crippen LogP contribution is 2.40. The number of fused-ring (bicyclic) bond motifs is 4. The Balaban J connectivity index is 1.10. The van der Waals surface area contributed by atoms with Crippen LogP contribution in [0.1, 0.15) is 0 Å². The molecule has 0 aliphatic carbocycles. The lowest BCUT2D eigenvalue weighted by molar-refractivity contribution is 1.07. The van der Waals surface area contributed by atoms with E-state index in [4.69, 9.17) is 15.0 Å². The van der Waals surface area contributed by atoms with Crippen molar-refractivity contribution < 1.29 is 0 Å². The van der Waals surface area contributed by atoms with Gasteiger partial charge in [0.05, 0.1) is 0 Å². The maximum Gasteiger partial charge on any atom is 0.164 e. The molecule has 3 heteroatoms. The van der Waals surface area contributed by atoms with E-state index in [1.54, 1.807) is 0 Å². The van der Waals surface area contributed by atoms with Gasteiger partial charge in [0.2, 0.25) is 0 Å². The number of hydrogen-bond acceptors (Lipinski definition) is 3. The van der Waals surface area contributed by atoms with Crippen molar-refractivity contribution in [2.75, 3.05) is 0 Å². The average molecular weight is 688 g/mol. The predicted octanol–water partition coefficient (Wildman–Crippen LogP) is 13.3. The van der Waals surface area contributed by atoms with E-state index in [0.29, 0.717) is 17.5 Å². The molecule has 54 heavy (non-hydrogen) atoms. The Morgan fingerprint density at radius 3 is 1.43 bits per heavy atom. The molecule has 10 rings (SSSR count). The summed E-state index contributed by atoms with van der Waals surface area (Å²) in [7, 11) is 0. The van der Waals surface area contributed by atoms with Crippen molar-refractivity contribution in [3.63, 3.8) is 0 Å². The number of hydrogen-bond donors (Lipinski definition) is 0. The SMILES string of the molecule is c1ccc(-c2cccc(-c3nc(-c4ccccc4)nc(-c4ccc(-c5c(-c6ccc7ccc8ccccc8c7c6)ccc6ccccc56)cc4)n3)c2)cc1. The highest BCUT2D eigenvalue weighted by atomic mass is 15.0. The van der Waals surface area contributed by atoms with Crippen LogP contribution in [0.3, 0.4) is 0 Å². The van der Waals surface area contributed by atoms with Gasteiger partial charge in [0.1, 0.15) is 0 Å². The van der Waals surface area contributed by atoms with Crippen LogP contribution >= 0.6 is 0 Å². The molecule has 0 radical (unpaired) electrons. The minimum atomic E-state index is 0.634. The number of nitrogens with zero attached hydrogens (tertiary/aromatic N) is 3. The van der Waals surface area contributed by atoms with E-state index in [2.05, 4.69) is 164 Å². The van der Waals surface area contributed by atoms with Gasteiger partial charge in [-0.2, -0.15) is 0 Å². The van der Waals surface area contributed by atoms with Crippen LogP contribution in [0.5, 0.6) is 0 Å². The number of benzene rings is 9. The van der Waals surface area contributed by atoms with E-state index >= 15 is 0 Å². The highest BCUT2D eigenvalue weighted by Gasteiger charge is 2.16. The monoisotopic (exact) mass is 687 g/mol. The van der Waals surface area contributed by atoms with Crippen molar-refractivity contribution in [3.8, 4) is 67.5 Å². The third kappa shape index (κ3) is 5.78. The lowest BCUT2D eigenvalue weighted by Crippen LogP contribution is -2.00. The van der Waals surface area contributed by atoms with Gasteiger partial charge in [-0.1, -0.05) is 188 Å². The summed E-state index contributed by atoms with van der Waals surface area (Å²) in [5.74, 6) is 1.92. The second kappa shape index (κ2) is 13.4. The second-order valence-corrected chi connectivity index (χ2v) is 13.6. The van der Waals surface area contributed by atoms with Gasteiger partial charge in [-0.05, 0) is 77.8 Å². The van der Waals surface area contributed by atoms with Crippen molar-refractivity contribution in [1.29, 1.82) is 0 Å². The largest absolute Gasteiger partial charge is 0.208 e. The van der Waals surface area contributed by atoms with Gasteiger partial charge >= 0.3 is 0 Å². The lowest BCUT2D eigenvalue weighted by atomic mass is 9.88. The molecule has 0 atom stereocenters. The van der Waals surface area contributed by atoms with E-state index < -0.39 is 0 Å². The topological polar surface area (TPSA) is 38.7 Å². The summed E-state index contributed by atoms with van der Waals surface area (Å²) in [5, 5.41) is 7.43. The molecule has 0 N–H and O–H groups in total. The molecule has 0 bridgehead atoms. The fourth-order valence-electron chi connectivity index (χ4n) is 7.60. The van der Waals surface area contributed by atoms with Crippen molar-refractivity contribution in [3.05, 3.63) is 200 Å². The fraction of sp³-hybridized carbons (Fsp3) is 0. The zero-order valence-electron chi connectivity index (χ0n) is 29.4. The first-order valence-electron chi connectivity index (χ1n) is 18.3. The molecule has 9 aromatic carbocycles. The van der Waals surface area contributed by atoms with Crippen LogP contribution in [0.15, 0.2) is 200 Å². The van der Waals surface area contributed by atoms with E-state index in [1.165, 1.54) is 49.0 Å². The van der Waals surface area contributed by atoms with Crippen LogP contribution in [-0.2, 0) is 0 Å². The average Bonchev–Trinajstić information content (AvgIpc) is 3.26. The van der Waals surface area contributed by atoms with Crippen LogP contribution in [-0.4, -0.2) is 15.0 Å². The molecular formula is C51H33N3. The Morgan fingerprint density at radius 2 is 0.704 bits per heavy atom. The highest BCUT2D eigenvalue weighted by molar-refractivity contribution is 6.10. The van der Waals surface area contributed by atoms with Crippen LogP contribution in [0.25, 0.3) is 99.9 Å². The smallest absolute Gasteiger partial charge is 0.164 e. The summed E-state index contributed by atoms with van der Waals surface area (Å²) in [6.07, 6.45) is 0. The van der Waals surface area contributed by atoms with Gasteiger partial charge < -0.3 is 0 Å². The third-order valence-electron chi connectivity index (χ3n) is 10.3. The van der Waals surface area contributed by atoms with Crippen LogP contribution in [0.2, 0.25) is 0 Å². The standard InChI is InChI=1S/C51H33N3/c1-3-12-34(13-4-1)41-18-11-19-43(32-41)51-53-49(39-16-5-2-6-17-39)52-50(54-51)40-27-25-38(26-28-40)48-45-21-10-8-15-36(45)30-31-46(48)42-29-24-37-23-22-35-14-7-9-20-44(35)47(37)33-42/h1-33H. The number of rotatable bonds is 6. The molecule has 0 aliphatic rings. The van der Waals surface area contributed by atoms with Gasteiger partial charge in [0.25, 0.3) is 0 Å². The first kappa shape index (κ1) is 31.5. The van der Waals surface area contributed by atoms with Crippen molar-refractivity contribution >= 4 is 32.3 Å². The van der Waals surface area contributed by atoms with Crippen molar-refractivity contribution in [2.45, 2.75) is 0 Å². The Labute approximate surface area is 313 Å². The Morgan fingerprint density at radius 1 is 0.241 bits per heavy atom. The normalized spacial score (nSPS) is 11.3. The second-order valence-electron chi connectivity index (χ2n) is 13.6. The predicted molar refractivity (Wildman–Crippen MR) is 225 cm³/mol. The van der Waals surface area contributed by atoms with Gasteiger partial charge in [-0.25, -0.2) is 15.0 Å². The van der Waals surface area contributed by atoms with Crippen LogP contribution in [0.4, 0.5) is 0 Å². The lowest BCUT2D eigenvalue weighted by Gasteiger charge is -2.16. The molecule has 0 saturated heterocycles.